The van der Waals surface area contributed by atoms with E-state index in [9.17, 15) is 14.7 Å². The highest BCUT2D eigenvalue weighted by molar-refractivity contribution is 9.10. The fourth-order valence-electron chi connectivity index (χ4n) is 5.04. The van der Waals surface area contributed by atoms with Crippen LogP contribution in [0.3, 0.4) is 0 Å². The molecule has 13 heteroatoms. The molecule has 0 bridgehead atoms. The largest absolute Gasteiger partial charge is 0.478 e. The Labute approximate surface area is 335 Å². The number of hydrogen-bond donors (Lipinski definition) is 1. The van der Waals surface area contributed by atoms with Crippen LogP contribution in [-0.2, 0) is 4.74 Å². The van der Waals surface area contributed by atoms with Crippen molar-refractivity contribution in [1.29, 1.82) is 0 Å². The fourth-order valence-corrected chi connectivity index (χ4v) is 7.69. The number of carbonyl (C=O) groups is 2. The van der Waals surface area contributed by atoms with E-state index in [4.69, 9.17) is 51.1 Å². The fraction of sp³-hybridized carbons (Fsp3) is 0.0256. The Bertz CT molecular complexity index is 2440. The molecule has 0 aliphatic carbocycles. The number of rotatable bonds is 7. The van der Waals surface area contributed by atoms with E-state index in [-0.39, 0.29) is 5.56 Å². The Morgan fingerprint density at radius 3 is 1.62 bits per heavy atom. The van der Waals surface area contributed by atoms with Crippen LogP contribution in [0.5, 0.6) is 0 Å². The van der Waals surface area contributed by atoms with Crippen molar-refractivity contribution in [3.8, 4) is 54.8 Å². The first-order valence-electron chi connectivity index (χ1n) is 15.2. The Balaban J connectivity index is 0.000000181. The van der Waals surface area contributed by atoms with Crippen molar-refractivity contribution in [2.75, 3.05) is 7.11 Å². The maximum Gasteiger partial charge on any atom is 0.339 e. The van der Waals surface area contributed by atoms with Gasteiger partial charge in [-0.15, -0.1) is 22.7 Å². The van der Waals surface area contributed by atoms with E-state index >= 15 is 0 Å². The van der Waals surface area contributed by atoms with E-state index < -0.39 is 11.9 Å². The minimum atomic E-state index is -0.970. The van der Waals surface area contributed by atoms with E-state index in [0.29, 0.717) is 35.7 Å². The second kappa shape index (κ2) is 16.7. The van der Waals surface area contributed by atoms with Gasteiger partial charge in [-0.2, -0.15) is 0 Å². The van der Waals surface area contributed by atoms with Gasteiger partial charge in [-0.1, -0.05) is 107 Å². The smallest absolute Gasteiger partial charge is 0.339 e. The summed E-state index contributed by atoms with van der Waals surface area (Å²) in [6.07, 6.45) is 0. The summed E-state index contributed by atoms with van der Waals surface area (Å²) in [4.78, 5) is 32.9. The van der Waals surface area contributed by atoms with Crippen LogP contribution in [-0.4, -0.2) is 34.1 Å². The van der Waals surface area contributed by atoms with Gasteiger partial charge < -0.3 is 9.84 Å². The molecule has 0 aliphatic rings. The van der Waals surface area contributed by atoms with Gasteiger partial charge in [0.05, 0.1) is 49.7 Å². The van der Waals surface area contributed by atoms with Gasteiger partial charge in [0.25, 0.3) is 0 Å². The molecular weight excluding hydrogens is 846 g/mol. The number of methoxy groups -OCH3 is 1. The molecule has 0 amide bonds. The SMILES string of the molecule is COC(=O)c1cc(-c2nc(-c3ccc(Cl)c(Cl)c3)cs2)ccc1Br.O=C(O)c1cc(-c2nc(-c3ccc(Cl)c(Cl)c3)cs2)ccc1-c1ccccc1. The molecule has 0 aliphatic heterocycles. The molecule has 7 rings (SSSR count). The third kappa shape index (κ3) is 8.59. The number of carboxylic acids is 1. The first-order valence-corrected chi connectivity index (χ1v) is 19.2. The molecule has 260 valence electrons. The quantitative estimate of drug-likeness (QED) is 0.161. The zero-order valence-electron chi connectivity index (χ0n) is 26.7. The highest BCUT2D eigenvalue weighted by Gasteiger charge is 2.17. The molecule has 0 saturated heterocycles. The lowest BCUT2D eigenvalue weighted by Gasteiger charge is -2.08. The van der Waals surface area contributed by atoms with E-state index in [2.05, 4.69) is 25.9 Å². The zero-order valence-corrected chi connectivity index (χ0v) is 33.0. The normalized spacial score (nSPS) is 10.7. The lowest BCUT2D eigenvalue weighted by molar-refractivity contribution is 0.0598. The van der Waals surface area contributed by atoms with Crippen LogP contribution < -0.4 is 0 Å². The van der Waals surface area contributed by atoms with Crippen LogP contribution in [0.1, 0.15) is 20.7 Å². The van der Waals surface area contributed by atoms with Crippen LogP contribution in [0.4, 0.5) is 0 Å². The van der Waals surface area contributed by atoms with Crippen LogP contribution >= 0.6 is 85.0 Å². The summed E-state index contributed by atoms with van der Waals surface area (Å²) in [6, 6.07) is 31.1. The average molecular weight is 869 g/mol. The van der Waals surface area contributed by atoms with Crippen LogP contribution in [0.15, 0.2) is 118 Å². The molecule has 0 fully saturated rings. The molecule has 0 spiro atoms. The molecular formula is C39H23BrCl4N2O4S2. The lowest BCUT2D eigenvalue weighted by atomic mass is 9.97. The number of carboxylic acid groups (broad SMARTS) is 1. The van der Waals surface area contributed by atoms with Crippen LogP contribution in [0.2, 0.25) is 20.1 Å². The predicted molar refractivity (Wildman–Crippen MR) is 217 cm³/mol. The monoisotopic (exact) mass is 866 g/mol. The van der Waals surface area contributed by atoms with Gasteiger partial charge >= 0.3 is 11.9 Å². The summed E-state index contributed by atoms with van der Waals surface area (Å²) in [5.41, 5.74) is 7.16. The molecule has 5 aromatic carbocycles. The van der Waals surface area contributed by atoms with Gasteiger partial charge in [0, 0.05) is 37.5 Å². The molecule has 0 unspecified atom stereocenters. The topological polar surface area (TPSA) is 89.4 Å². The lowest BCUT2D eigenvalue weighted by Crippen LogP contribution is -2.02. The molecule has 1 N–H and O–H groups in total. The average Bonchev–Trinajstić information content (AvgIpc) is 3.86. The molecule has 0 atom stereocenters. The summed E-state index contributed by atoms with van der Waals surface area (Å²) < 4.78 is 5.47. The Morgan fingerprint density at radius 2 is 1.12 bits per heavy atom. The van der Waals surface area contributed by atoms with Crippen molar-refractivity contribution in [3.05, 3.63) is 150 Å². The summed E-state index contributed by atoms with van der Waals surface area (Å²) in [6.45, 7) is 0. The number of esters is 1. The maximum atomic E-state index is 11.8. The molecule has 6 nitrogen and oxygen atoms in total. The van der Waals surface area contributed by atoms with E-state index in [1.165, 1.54) is 29.8 Å². The summed E-state index contributed by atoms with van der Waals surface area (Å²) in [5, 5.41) is 17.0. The van der Waals surface area contributed by atoms with Gasteiger partial charge in [0.15, 0.2) is 0 Å². The van der Waals surface area contributed by atoms with E-state index in [1.807, 2.05) is 77.5 Å². The highest BCUT2D eigenvalue weighted by Crippen LogP contribution is 2.36. The minimum Gasteiger partial charge on any atom is -0.478 e. The number of aromatic nitrogens is 2. The van der Waals surface area contributed by atoms with Gasteiger partial charge in [0.1, 0.15) is 10.0 Å². The van der Waals surface area contributed by atoms with Crippen molar-refractivity contribution in [2.45, 2.75) is 0 Å². The third-order valence-electron chi connectivity index (χ3n) is 7.64. The molecule has 0 radical (unpaired) electrons. The molecule has 2 heterocycles. The predicted octanol–water partition coefficient (Wildman–Crippen LogP) is 13.5. The van der Waals surface area contributed by atoms with E-state index in [1.54, 1.807) is 36.4 Å². The zero-order chi connectivity index (χ0) is 36.9. The number of thiazole rings is 2. The Morgan fingerprint density at radius 1 is 0.615 bits per heavy atom. The summed E-state index contributed by atoms with van der Waals surface area (Å²) in [5.74, 6) is -1.37. The number of ether oxygens (including phenoxy) is 1. The second-order valence-electron chi connectivity index (χ2n) is 11.0. The second-order valence-corrected chi connectivity index (χ2v) is 15.2. The number of halogens is 5. The van der Waals surface area contributed by atoms with Crippen molar-refractivity contribution in [2.24, 2.45) is 0 Å². The number of hydrogen-bond acceptors (Lipinski definition) is 7. The van der Waals surface area contributed by atoms with Crippen molar-refractivity contribution in [1.82, 2.24) is 9.97 Å². The molecule has 0 saturated carbocycles. The van der Waals surface area contributed by atoms with Crippen LogP contribution in [0, 0.1) is 0 Å². The first kappa shape index (κ1) is 37.7. The molecule has 52 heavy (non-hydrogen) atoms. The van der Waals surface area contributed by atoms with Crippen molar-refractivity contribution in [3.63, 3.8) is 0 Å². The Kier molecular flexibility index (Phi) is 12.1. The summed E-state index contributed by atoms with van der Waals surface area (Å²) >= 11 is 30.4. The minimum absolute atomic E-state index is 0.245. The number of carbonyl (C=O) groups excluding carboxylic acids is 1. The molecule has 2 aromatic heterocycles. The van der Waals surface area contributed by atoms with Crippen LogP contribution in [0.25, 0.3) is 54.8 Å². The van der Waals surface area contributed by atoms with Gasteiger partial charge in [-0.05, 0) is 69.5 Å². The van der Waals surface area contributed by atoms with Crippen molar-refractivity contribution < 1.29 is 19.4 Å². The Hall–Kier alpha value is -4.06. The van der Waals surface area contributed by atoms with Crippen molar-refractivity contribution >= 4 is 96.9 Å². The van der Waals surface area contributed by atoms with Gasteiger partial charge in [-0.25, -0.2) is 19.6 Å². The summed E-state index contributed by atoms with van der Waals surface area (Å²) in [7, 11) is 1.35. The number of nitrogens with zero attached hydrogens (tertiary/aromatic N) is 2. The van der Waals surface area contributed by atoms with Gasteiger partial charge in [0.2, 0.25) is 0 Å². The third-order valence-corrected chi connectivity index (χ3v) is 11.6. The number of benzene rings is 5. The standard InChI is InChI=1S/C22H13Cl2NO2S.C17H10BrCl2NO2S/c23-18-9-7-14(11-19(18)24)20-12-28-21(25-20)15-6-8-16(17(10-15)22(26)27)13-4-2-1-3-5-13;1-23-17(22)11-6-10(2-4-12(11)18)16-21-15(8-24-16)9-3-5-13(19)14(20)7-9/h1-12H,(H,26,27);2-8H,1H3. The molecule has 7 aromatic rings. The number of aromatic carboxylic acids is 1. The highest BCUT2D eigenvalue weighted by atomic mass is 79.9. The van der Waals surface area contributed by atoms with E-state index in [0.717, 1.165) is 49.2 Å². The van der Waals surface area contributed by atoms with Gasteiger partial charge in [-0.3, -0.25) is 0 Å². The first-order chi connectivity index (χ1) is 25.0. The maximum absolute atomic E-state index is 11.8.